The van der Waals surface area contributed by atoms with Crippen LogP contribution in [0.25, 0.3) is 0 Å². The van der Waals surface area contributed by atoms with Crippen molar-refractivity contribution in [2.75, 3.05) is 0 Å². The SMILES string of the molecule is N#CC(Cl)C(N)C(=O)c1ccccc1. The number of ketones is 1. The fraction of sp³-hybridized carbons (Fsp3) is 0.200. The number of Topliss-reactive ketones (excluding diaryl/α,β-unsaturated/α-hetero) is 1. The number of nitrogens with zero attached hydrogens (tertiary/aromatic N) is 1. The number of benzene rings is 1. The standard InChI is InChI=1S/C10H9ClN2O/c11-8(6-12)9(13)10(14)7-4-2-1-3-5-7/h1-5,8-9H,13H2. The third kappa shape index (κ3) is 2.32. The molecule has 72 valence electrons. The van der Waals surface area contributed by atoms with Gasteiger partial charge in [-0.2, -0.15) is 5.26 Å². The van der Waals surface area contributed by atoms with Crippen molar-refractivity contribution in [3.8, 4) is 6.07 Å². The van der Waals surface area contributed by atoms with Gasteiger partial charge in [-0.3, -0.25) is 4.79 Å². The van der Waals surface area contributed by atoms with Gasteiger partial charge < -0.3 is 5.73 Å². The van der Waals surface area contributed by atoms with Crippen molar-refractivity contribution < 1.29 is 4.79 Å². The molecule has 0 aliphatic carbocycles. The Morgan fingerprint density at radius 1 is 1.43 bits per heavy atom. The van der Waals surface area contributed by atoms with Gasteiger partial charge in [-0.05, 0) is 0 Å². The van der Waals surface area contributed by atoms with Crippen LogP contribution in [-0.2, 0) is 0 Å². The van der Waals surface area contributed by atoms with E-state index >= 15 is 0 Å². The number of halogens is 1. The highest BCUT2D eigenvalue weighted by molar-refractivity contribution is 6.25. The second kappa shape index (κ2) is 4.75. The van der Waals surface area contributed by atoms with E-state index in [1.165, 1.54) is 0 Å². The molecule has 3 nitrogen and oxygen atoms in total. The fourth-order valence-corrected chi connectivity index (χ4v) is 1.12. The molecule has 0 radical (unpaired) electrons. The zero-order chi connectivity index (χ0) is 10.6. The van der Waals surface area contributed by atoms with Gasteiger partial charge in [0.1, 0.15) is 5.38 Å². The predicted molar refractivity (Wildman–Crippen MR) is 54.0 cm³/mol. The van der Waals surface area contributed by atoms with Gasteiger partial charge in [-0.25, -0.2) is 0 Å². The van der Waals surface area contributed by atoms with Gasteiger partial charge in [-0.15, -0.1) is 11.6 Å². The molecule has 1 aromatic rings. The maximum atomic E-state index is 11.6. The molecule has 0 spiro atoms. The summed E-state index contributed by atoms with van der Waals surface area (Å²) >= 11 is 5.55. The van der Waals surface area contributed by atoms with E-state index < -0.39 is 11.4 Å². The van der Waals surface area contributed by atoms with Crippen LogP contribution in [-0.4, -0.2) is 17.2 Å². The Morgan fingerprint density at radius 2 is 2.00 bits per heavy atom. The third-order valence-corrected chi connectivity index (χ3v) is 2.17. The molecule has 0 aromatic heterocycles. The lowest BCUT2D eigenvalue weighted by Gasteiger charge is -2.10. The quantitative estimate of drug-likeness (QED) is 0.602. The van der Waals surface area contributed by atoms with Crippen molar-refractivity contribution in [3.63, 3.8) is 0 Å². The first-order valence-corrected chi connectivity index (χ1v) is 4.49. The van der Waals surface area contributed by atoms with Gasteiger partial charge >= 0.3 is 0 Å². The Bertz CT molecular complexity index is 358. The van der Waals surface area contributed by atoms with E-state index in [-0.39, 0.29) is 5.78 Å². The van der Waals surface area contributed by atoms with E-state index in [1.54, 1.807) is 36.4 Å². The number of hydrogen-bond acceptors (Lipinski definition) is 3. The van der Waals surface area contributed by atoms with E-state index in [0.717, 1.165) is 0 Å². The van der Waals surface area contributed by atoms with Gasteiger partial charge in [0.05, 0.1) is 12.1 Å². The summed E-state index contributed by atoms with van der Waals surface area (Å²) < 4.78 is 0. The van der Waals surface area contributed by atoms with Gasteiger partial charge in [0.15, 0.2) is 5.78 Å². The average molecular weight is 209 g/mol. The second-order valence-corrected chi connectivity index (χ2v) is 3.26. The lowest BCUT2D eigenvalue weighted by molar-refractivity contribution is 0.0964. The zero-order valence-electron chi connectivity index (χ0n) is 7.35. The number of rotatable bonds is 3. The van der Waals surface area contributed by atoms with E-state index in [2.05, 4.69) is 0 Å². The molecule has 2 atom stereocenters. The van der Waals surface area contributed by atoms with Crippen LogP contribution >= 0.6 is 11.6 Å². The monoisotopic (exact) mass is 208 g/mol. The van der Waals surface area contributed by atoms with Gasteiger partial charge in [0.2, 0.25) is 0 Å². The normalized spacial score (nSPS) is 14.1. The Balaban J connectivity index is 2.82. The van der Waals surface area contributed by atoms with Crippen LogP contribution in [0.3, 0.4) is 0 Å². The number of nitrogens with two attached hydrogens (primary N) is 1. The van der Waals surface area contributed by atoms with E-state index in [1.807, 2.05) is 0 Å². The molecule has 1 rings (SSSR count). The summed E-state index contributed by atoms with van der Waals surface area (Å²) in [5, 5.41) is 7.50. The minimum atomic E-state index is -0.984. The zero-order valence-corrected chi connectivity index (χ0v) is 8.11. The van der Waals surface area contributed by atoms with Crippen molar-refractivity contribution in [1.82, 2.24) is 0 Å². The first-order chi connectivity index (χ1) is 6.66. The Labute approximate surface area is 87.1 Å². The van der Waals surface area contributed by atoms with Crippen molar-refractivity contribution in [1.29, 1.82) is 5.26 Å². The van der Waals surface area contributed by atoms with Crippen molar-refractivity contribution >= 4 is 17.4 Å². The summed E-state index contributed by atoms with van der Waals surface area (Å²) in [5.74, 6) is -0.313. The van der Waals surface area contributed by atoms with Crippen molar-refractivity contribution in [2.24, 2.45) is 5.73 Å². The summed E-state index contributed by atoms with van der Waals surface area (Å²) in [5.41, 5.74) is 5.97. The number of carbonyl (C=O) groups is 1. The molecule has 0 saturated carbocycles. The van der Waals surface area contributed by atoms with Crippen LogP contribution in [0.1, 0.15) is 10.4 Å². The van der Waals surface area contributed by atoms with Gasteiger partial charge in [0.25, 0.3) is 0 Å². The molecule has 2 unspecified atom stereocenters. The molecule has 0 bridgehead atoms. The fourth-order valence-electron chi connectivity index (χ4n) is 1.01. The molecule has 0 saturated heterocycles. The lowest BCUT2D eigenvalue weighted by Crippen LogP contribution is -2.38. The molecular formula is C10H9ClN2O. The number of carbonyl (C=O) groups excluding carboxylic acids is 1. The van der Waals surface area contributed by atoms with Crippen LogP contribution in [0.4, 0.5) is 0 Å². The van der Waals surface area contributed by atoms with Gasteiger partial charge in [0, 0.05) is 5.56 Å². The Hall–Kier alpha value is -1.37. The molecule has 2 N–H and O–H groups in total. The minimum Gasteiger partial charge on any atom is -0.319 e. The topological polar surface area (TPSA) is 66.9 Å². The highest BCUT2D eigenvalue weighted by Gasteiger charge is 2.23. The smallest absolute Gasteiger partial charge is 0.182 e. The summed E-state index contributed by atoms with van der Waals surface area (Å²) in [7, 11) is 0. The molecule has 4 heteroatoms. The van der Waals surface area contributed by atoms with Gasteiger partial charge in [-0.1, -0.05) is 30.3 Å². The maximum Gasteiger partial charge on any atom is 0.182 e. The molecule has 14 heavy (non-hydrogen) atoms. The lowest BCUT2D eigenvalue weighted by atomic mass is 10.0. The molecular weight excluding hydrogens is 200 g/mol. The summed E-state index contributed by atoms with van der Waals surface area (Å²) in [6.45, 7) is 0. The first kappa shape index (κ1) is 10.7. The van der Waals surface area contributed by atoms with Crippen LogP contribution < -0.4 is 5.73 Å². The molecule has 0 aliphatic rings. The van der Waals surface area contributed by atoms with Crippen LogP contribution in [0, 0.1) is 11.3 Å². The van der Waals surface area contributed by atoms with Crippen molar-refractivity contribution in [3.05, 3.63) is 35.9 Å². The number of alkyl halides is 1. The predicted octanol–water partition coefficient (Wildman–Crippen LogP) is 1.33. The molecule has 0 amide bonds. The molecule has 0 aliphatic heterocycles. The summed E-state index contributed by atoms with van der Waals surface area (Å²) in [6.07, 6.45) is 0. The number of nitriles is 1. The van der Waals surface area contributed by atoms with E-state index in [9.17, 15) is 4.79 Å². The minimum absolute atomic E-state index is 0.313. The summed E-state index contributed by atoms with van der Waals surface area (Å²) in [6, 6.07) is 9.31. The number of hydrogen-bond donors (Lipinski definition) is 1. The molecule has 0 fully saturated rings. The van der Waals surface area contributed by atoms with E-state index in [0.29, 0.717) is 5.56 Å². The third-order valence-electron chi connectivity index (χ3n) is 1.80. The highest BCUT2D eigenvalue weighted by Crippen LogP contribution is 2.07. The first-order valence-electron chi connectivity index (χ1n) is 4.05. The van der Waals surface area contributed by atoms with Crippen LogP contribution in [0.2, 0.25) is 0 Å². The molecule has 1 aromatic carbocycles. The second-order valence-electron chi connectivity index (χ2n) is 2.79. The Morgan fingerprint density at radius 3 is 2.50 bits per heavy atom. The highest BCUT2D eigenvalue weighted by atomic mass is 35.5. The average Bonchev–Trinajstić information content (AvgIpc) is 2.27. The van der Waals surface area contributed by atoms with Crippen molar-refractivity contribution in [2.45, 2.75) is 11.4 Å². The van der Waals surface area contributed by atoms with Crippen LogP contribution in [0.5, 0.6) is 0 Å². The largest absolute Gasteiger partial charge is 0.319 e. The maximum absolute atomic E-state index is 11.6. The summed E-state index contributed by atoms with van der Waals surface area (Å²) in [4.78, 5) is 11.6. The molecule has 0 heterocycles. The van der Waals surface area contributed by atoms with Crippen LogP contribution in [0.15, 0.2) is 30.3 Å². The van der Waals surface area contributed by atoms with E-state index in [4.69, 9.17) is 22.6 Å². The Kier molecular flexibility index (Phi) is 3.63.